The Bertz CT molecular complexity index is 424. The number of aromatic nitrogens is 2. The zero-order valence-electron chi connectivity index (χ0n) is 7.17. The summed E-state index contributed by atoms with van der Waals surface area (Å²) in [5.74, 6) is 0. The lowest BCUT2D eigenvalue weighted by molar-refractivity contribution is 0.185. The molecule has 0 aliphatic heterocycles. The van der Waals surface area contributed by atoms with Crippen molar-refractivity contribution in [3.8, 4) is 0 Å². The molecule has 0 spiro atoms. The lowest BCUT2D eigenvalue weighted by Crippen LogP contribution is -1.86. The van der Waals surface area contributed by atoms with Gasteiger partial charge in [-0.25, -0.2) is 0 Å². The van der Waals surface area contributed by atoms with E-state index in [2.05, 4.69) is 44.9 Å². The van der Waals surface area contributed by atoms with E-state index in [1.165, 1.54) is 5.39 Å². The van der Waals surface area contributed by atoms with Gasteiger partial charge in [-0.3, -0.25) is 5.10 Å². The third kappa shape index (κ3) is 1.68. The van der Waals surface area contributed by atoms with Crippen LogP contribution in [0.5, 0.6) is 0 Å². The van der Waals surface area contributed by atoms with Crippen LogP contribution in [0.3, 0.4) is 0 Å². The van der Waals surface area contributed by atoms with Crippen LogP contribution in [0.1, 0.15) is 5.56 Å². The molecule has 68 valence electrons. The van der Waals surface area contributed by atoms with Gasteiger partial charge in [0.05, 0.1) is 12.1 Å². The highest BCUT2D eigenvalue weighted by atomic mass is 127. The van der Waals surface area contributed by atoms with Crippen molar-refractivity contribution in [1.82, 2.24) is 10.2 Å². The molecule has 0 atom stereocenters. The summed E-state index contributed by atoms with van der Waals surface area (Å²) < 4.78 is 6.12. The predicted molar refractivity (Wildman–Crippen MR) is 59.5 cm³/mol. The van der Waals surface area contributed by atoms with E-state index in [1.807, 2.05) is 6.07 Å². The molecule has 2 aromatic rings. The molecule has 2 rings (SSSR count). The second-order valence-corrected chi connectivity index (χ2v) is 3.90. The van der Waals surface area contributed by atoms with Crippen LogP contribution in [0, 0.1) is 3.70 Å². The first-order valence-electron chi connectivity index (χ1n) is 3.92. The summed E-state index contributed by atoms with van der Waals surface area (Å²) in [4.78, 5) is 0. The Hall–Kier alpha value is -0.620. The average Bonchev–Trinajstić information content (AvgIpc) is 2.48. The van der Waals surface area contributed by atoms with Gasteiger partial charge in [0.1, 0.15) is 3.70 Å². The van der Waals surface area contributed by atoms with E-state index in [0.29, 0.717) is 6.61 Å². The number of H-pyrrole nitrogens is 1. The van der Waals surface area contributed by atoms with E-state index in [4.69, 9.17) is 4.74 Å². The fraction of sp³-hybridized carbons (Fsp3) is 0.222. The molecule has 0 saturated heterocycles. The molecule has 0 saturated carbocycles. The molecule has 0 radical (unpaired) electrons. The van der Waals surface area contributed by atoms with Crippen LogP contribution >= 0.6 is 22.6 Å². The van der Waals surface area contributed by atoms with E-state index in [1.54, 1.807) is 7.11 Å². The summed E-state index contributed by atoms with van der Waals surface area (Å²) in [6, 6.07) is 6.16. The van der Waals surface area contributed by atoms with Crippen molar-refractivity contribution < 1.29 is 4.74 Å². The molecular formula is C9H9IN2O. The maximum Gasteiger partial charge on any atom is 0.104 e. The first-order valence-corrected chi connectivity index (χ1v) is 5.00. The van der Waals surface area contributed by atoms with E-state index in [9.17, 15) is 0 Å². The highest BCUT2D eigenvalue weighted by Gasteiger charge is 2.02. The van der Waals surface area contributed by atoms with Crippen molar-refractivity contribution in [3.63, 3.8) is 0 Å². The third-order valence-corrected chi connectivity index (χ3v) is 2.71. The number of aromatic amines is 1. The largest absolute Gasteiger partial charge is 0.380 e. The second kappa shape index (κ2) is 3.63. The number of benzene rings is 1. The highest BCUT2D eigenvalue weighted by molar-refractivity contribution is 14.1. The quantitative estimate of drug-likeness (QED) is 0.861. The summed E-state index contributed by atoms with van der Waals surface area (Å²) >= 11 is 2.24. The van der Waals surface area contributed by atoms with E-state index in [-0.39, 0.29) is 0 Å². The molecular weight excluding hydrogens is 279 g/mol. The fourth-order valence-electron chi connectivity index (χ4n) is 1.28. The zero-order valence-corrected chi connectivity index (χ0v) is 9.33. The lowest BCUT2D eigenvalue weighted by atomic mass is 10.2. The highest BCUT2D eigenvalue weighted by Crippen LogP contribution is 2.18. The molecule has 0 fully saturated rings. The van der Waals surface area contributed by atoms with Crippen molar-refractivity contribution in [1.29, 1.82) is 0 Å². The lowest BCUT2D eigenvalue weighted by Gasteiger charge is -1.97. The predicted octanol–water partition coefficient (Wildman–Crippen LogP) is 2.31. The average molecular weight is 288 g/mol. The van der Waals surface area contributed by atoms with Crippen molar-refractivity contribution >= 4 is 33.5 Å². The van der Waals surface area contributed by atoms with Gasteiger partial charge in [0.25, 0.3) is 0 Å². The molecule has 13 heavy (non-hydrogen) atoms. The Balaban J connectivity index is 2.50. The van der Waals surface area contributed by atoms with Gasteiger partial charge in [-0.2, -0.15) is 5.10 Å². The van der Waals surface area contributed by atoms with Gasteiger partial charge < -0.3 is 4.74 Å². The number of hydrogen-bond acceptors (Lipinski definition) is 2. The zero-order chi connectivity index (χ0) is 9.26. The summed E-state index contributed by atoms with van der Waals surface area (Å²) in [6.07, 6.45) is 0. The topological polar surface area (TPSA) is 37.9 Å². The first-order chi connectivity index (χ1) is 6.31. The number of ether oxygens (including phenoxy) is 1. The van der Waals surface area contributed by atoms with Crippen LogP contribution in [-0.4, -0.2) is 17.3 Å². The third-order valence-electron chi connectivity index (χ3n) is 1.88. The van der Waals surface area contributed by atoms with E-state index >= 15 is 0 Å². The van der Waals surface area contributed by atoms with Crippen molar-refractivity contribution in [2.75, 3.05) is 7.11 Å². The van der Waals surface area contributed by atoms with Crippen molar-refractivity contribution in [3.05, 3.63) is 27.5 Å². The molecule has 1 N–H and O–H groups in total. The minimum atomic E-state index is 0.638. The van der Waals surface area contributed by atoms with Crippen molar-refractivity contribution in [2.24, 2.45) is 0 Å². The molecule has 0 bridgehead atoms. The number of rotatable bonds is 2. The summed E-state index contributed by atoms with van der Waals surface area (Å²) in [6.45, 7) is 0.638. The minimum Gasteiger partial charge on any atom is -0.380 e. The van der Waals surface area contributed by atoms with Crippen LogP contribution in [0.15, 0.2) is 18.2 Å². The SMILES string of the molecule is COCc1ccc2c(I)[nH]nc2c1. The summed E-state index contributed by atoms with van der Waals surface area (Å²) in [7, 11) is 1.69. The Labute approximate surface area is 89.6 Å². The van der Waals surface area contributed by atoms with Crippen molar-refractivity contribution in [2.45, 2.75) is 6.61 Å². The summed E-state index contributed by atoms with van der Waals surface area (Å²) in [5, 5.41) is 8.28. The fourth-order valence-corrected chi connectivity index (χ4v) is 1.86. The van der Waals surface area contributed by atoms with E-state index < -0.39 is 0 Å². The Morgan fingerprint density at radius 1 is 1.54 bits per heavy atom. The molecule has 0 aliphatic carbocycles. The number of fused-ring (bicyclic) bond motifs is 1. The Morgan fingerprint density at radius 2 is 2.38 bits per heavy atom. The maximum absolute atomic E-state index is 5.04. The molecule has 1 heterocycles. The molecule has 0 aliphatic rings. The standard InChI is InChI=1S/C9H9IN2O/c1-13-5-6-2-3-7-8(4-6)11-12-9(7)10/h2-4H,5H2,1H3,(H,11,12). The number of halogens is 1. The molecule has 1 aromatic carbocycles. The molecule has 3 nitrogen and oxygen atoms in total. The monoisotopic (exact) mass is 288 g/mol. The van der Waals surface area contributed by atoms with Crippen LogP contribution < -0.4 is 0 Å². The number of hydrogen-bond donors (Lipinski definition) is 1. The van der Waals surface area contributed by atoms with Gasteiger partial charge in [-0.15, -0.1) is 0 Å². The maximum atomic E-state index is 5.04. The van der Waals surface area contributed by atoms with Crippen LogP contribution in [0.2, 0.25) is 0 Å². The van der Waals surface area contributed by atoms with Gasteiger partial charge in [-0.05, 0) is 40.3 Å². The molecule has 0 amide bonds. The van der Waals surface area contributed by atoms with Gasteiger partial charge in [0.2, 0.25) is 0 Å². The smallest absolute Gasteiger partial charge is 0.104 e. The number of nitrogens with one attached hydrogen (secondary N) is 1. The number of nitrogens with zero attached hydrogens (tertiary/aromatic N) is 1. The van der Waals surface area contributed by atoms with Gasteiger partial charge >= 0.3 is 0 Å². The minimum absolute atomic E-state index is 0.638. The molecule has 1 aromatic heterocycles. The number of methoxy groups -OCH3 is 1. The van der Waals surface area contributed by atoms with Gasteiger partial charge in [-0.1, -0.05) is 6.07 Å². The normalized spacial score (nSPS) is 10.9. The molecule has 4 heteroatoms. The Morgan fingerprint density at radius 3 is 3.15 bits per heavy atom. The van der Waals surface area contributed by atoms with Crippen LogP contribution in [0.4, 0.5) is 0 Å². The van der Waals surface area contributed by atoms with E-state index in [0.717, 1.165) is 14.8 Å². The molecule has 0 unspecified atom stereocenters. The van der Waals surface area contributed by atoms with Gasteiger partial charge in [0.15, 0.2) is 0 Å². The second-order valence-electron chi connectivity index (χ2n) is 2.82. The van der Waals surface area contributed by atoms with Gasteiger partial charge in [0, 0.05) is 12.5 Å². The summed E-state index contributed by atoms with van der Waals surface area (Å²) in [5.41, 5.74) is 2.15. The van der Waals surface area contributed by atoms with Crippen LogP contribution in [-0.2, 0) is 11.3 Å². The van der Waals surface area contributed by atoms with Crippen LogP contribution in [0.25, 0.3) is 10.9 Å². The first kappa shape index (κ1) is 8.96. The Kier molecular flexibility index (Phi) is 2.50.